The van der Waals surface area contributed by atoms with E-state index in [9.17, 15) is 5.11 Å². The number of nitrogens with one attached hydrogen (secondary N) is 1. The van der Waals surface area contributed by atoms with Gasteiger partial charge in [0.05, 0.1) is 5.69 Å². The van der Waals surface area contributed by atoms with Crippen LogP contribution in [-0.2, 0) is 6.54 Å². The standard InChI is InChI=1S/C19H23NO/c21-19-9-5-4-8-18(19)20-14-15-10-12-17(13-11-15)16-6-2-1-3-7-16/h4-5,8-13,16,20-21H,1-3,6-7,14H2. The second kappa shape index (κ2) is 6.66. The molecule has 1 fully saturated rings. The monoisotopic (exact) mass is 281 g/mol. The van der Waals surface area contributed by atoms with Crippen LogP contribution in [0, 0.1) is 0 Å². The fourth-order valence-electron chi connectivity index (χ4n) is 3.16. The zero-order valence-electron chi connectivity index (χ0n) is 12.4. The van der Waals surface area contributed by atoms with Gasteiger partial charge in [-0.05, 0) is 42.0 Å². The van der Waals surface area contributed by atoms with Crippen molar-refractivity contribution in [2.24, 2.45) is 0 Å². The number of phenols is 1. The van der Waals surface area contributed by atoms with Gasteiger partial charge in [-0.25, -0.2) is 0 Å². The first-order chi connectivity index (χ1) is 10.3. The number of anilines is 1. The number of hydrogen-bond acceptors (Lipinski definition) is 2. The Morgan fingerprint density at radius 2 is 1.62 bits per heavy atom. The molecule has 2 N–H and O–H groups in total. The smallest absolute Gasteiger partial charge is 0.138 e. The first-order valence-corrected chi connectivity index (χ1v) is 7.93. The van der Waals surface area contributed by atoms with E-state index in [-0.39, 0.29) is 0 Å². The summed E-state index contributed by atoms with van der Waals surface area (Å²) >= 11 is 0. The lowest BCUT2D eigenvalue weighted by atomic mass is 9.84. The van der Waals surface area contributed by atoms with Gasteiger partial charge in [-0.1, -0.05) is 55.7 Å². The Morgan fingerprint density at radius 1 is 0.905 bits per heavy atom. The third-order valence-electron chi connectivity index (χ3n) is 4.44. The number of aromatic hydroxyl groups is 1. The topological polar surface area (TPSA) is 32.3 Å². The van der Waals surface area contributed by atoms with E-state index in [0.717, 1.165) is 18.2 Å². The SMILES string of the molecule is Oc1ccccc1NCc1ccc(C2CCCCC2)cc1. The summed E-state index contributed by atoms with van der Waals surface area (Å²) in [5.41, 5.74) is 3.52. The van der Waals surface area contributed by atoms with E-state index in [1.165, 1.54) is 43.2 Å². The van der Waals surface area contributed by atoms with Gasteiger partial charge in [-0.3, -0.25) is 0 Å². The molecule has 0 radical (unpaired) electrons. The van der Waals surface area contributed by atoms with Crippen LogP contribution >= 0.6 is 0 Å². The molecule has 110 valence electrons. The Balaban J connectivity index is 1.60. The molecule has 1 saturated carbocycles. The van der Waals surface area contributed by atoms with Crippen molar-refractivity contribution in [3.05, 3.63) is 59.7 Å². The summed E-state index contributed by atoms with van der Waals surface area (Å²) in [6.45, 7) is 0.739. The molecule has 1 aliphatic carbocycles. The third-order valence-corrected chi connectivity index (χ3v) is 4.44. The fourth-order valence-corrected chi connectivity index (χ4v) is 3.16. The lowest BCUT2D eigenvalue weighted by molar-refractivity contribution is 0.443. The Kier molecular flexibility index (Phi) is 4.44. The number of phenolic OH excluding ortho intramolecular Hbond substituents is 1. The van der Waals surface area contributed by atoms with Crippen molar-refractivity contribution in [1.82, 2.24) is 0 Å². The van der Waals surface area contributed by atoms with Gasteiger partial charge >= 0.3 is 0 Å². The second-order valence-electron chi connectivity index (χ2n) is 5.95. The number of para-hydroxylation sites is 2. The number of hydrogen-bond donors (Lipinski definition) is 2. The number of rotatable bonds is 4. The van der Waals surface area contributed by atoms with Crippen molar-refractivity contribution in [3.8, 4) is 5.75 Å². The summed E-state index contributed by atoms with van der Waals surface area (Å²) < 4.78 is 0. The van der Waals surface area contributed by atoms with Crippen LogP contribution in [0.1, 0.15) is 49.1 Å². The predicted molar refractivity (Wildman–Crippen MR) is 87.7 cm³/mol. The Labute approximate surface area is 126 Å². The summed E-state index contributed by atoms with van der Waals surface area (Å²) in [5.74, 6) is 1.07. The summed E-state index contributed by atoms with van der Waals surface area (Å²) in [7, 11) is 0. The van der Waals surface area contributed by atoms with Gasteiger partial charge in [0, 0.05) is 6.54 Å². The molecule has 0 saturated heterocycles. The van der Waals surface area contributed by atoms with Crippen molar-refractivity contribution < 1.29 is 5.11 Å². The molecule has 2 heteroatoms. The van der Waals surface area contributed by atoms with E-state index >= 15 is 0 Å². The second-order valence-corrected chi connectivity index (χ2v) is 5.95. The summed E-state index contributed by atoms with van der Waals surface area (Å²) in [5, 5.41) is 13.0. The van der Waals surface area contributed by atoms with E-state index in [0.29, 0.717) is 5.75 Å². The molecule has 0 amide bonds. The van der Waals surface area contributed by atoms with Crippen LogP contribution in [0.3, 0.4) is 0 Å². The van der Waals surface area contributed by atoms with Crippen molar-refractivity contribution in [3.63, 3.8) is 0 Å². The molecule has 21 heavy (non-hydrogen) atoms. The molecule has 1 aliphatic rings. The quantitative estimate of drug-likeness (QED) is 0.768. The Bertz CT molecular complexity index is 570. The molecule has 0 aromatic heterocycles. The maximum atomic E-state index is 9.74. The first-order valence-electron chi connectivity index (χ1n) is 7.93. The molecule has 3 rings (SSSR count). The molecule has 2 aromatic rings. The van der Waals surface area contributed by atoms with Crippen molar-refractivity contribution in [1.29, 1.82) is 0 Å². The fraction of sp³-hybridized carbons (Fsp3) is 0.368. The van der Waals surface area contributed by atoms with Crippen molar-refractivity contribution in [2.45, 2.75) is 44.6 Å². The minimum absolute atomic E-state index is 0.302. The van der Waals surface area contributed by atoms with Crippen LogP contribution in [-0.4, -0.2) is 5.11 Å². The average Bonchev–Trinajstić information content (AvgIpc) is 2.55. The van der Waals surface area contributed by atoms with Crippen molar-refractivity contribution >= 4 is 5.69 Å². The normalized spacial score (nSPS) is 15.8. The predicted octanol–water partition coefficient (Wildman–Crippen LogP) is 5.05. The lowest BCUT2D eigenvalue weighted by Gasteiger charge is -2.22. The molecular weight excluding hydrogens is 258 g/mol. The van der Waals surface area contributed by atoms with E-state index in [1.807, 2.05) is 18.2 Å². The van der Waals surface area contributed by atoms with Gasteiger partial charge in [-0.15, -0.1) is 0 Å². The maximum absolute atomic E-state index is 9.74. The largest absolute Gasteiger partial charge is 0.506 e. The average molecular weight is 281 g/mol. The molecule has 0 unspecified atom stereocenters. The Hall–Kier alpha value is -1.96. The molecule has 0 heterocycles. The molecule has 2 nitrogen and oxygen atoms in total. The van der Waals surface area contributed by atoms with Gasteiger partial charge < -0.3 is 10.4 Å². The molecule has 0 spiro atoms. The van der Waals surface area contributed by atoms with Gasteiger partial charge in [0.1, 0.15) is 5.75 Å². The molecule has 2 aromatic carbocycles. The van der Waals surface area contributed by atoms with Crippen LogP contribution in [0.4, 0.5) is 5.69 Å². The summed E-state index contributed by atoms with van der Waals surface area (Å²) in [4.78, 5) is 0. The Morgan fingerprint density at radius 3 is 2.33 bits per heavy atom. The molecule has 0 bridgehead atoms. The third kappa shape index (κ3) is 3.57. The lowest BCUT2D eigenvalue weighted by Crippen LogP contribution is -2.05. The summed E-state index contributed by atoms with van der Waals surface area (Å²) in [6, 6.07) is 16.3. The van der Waals surface area contributed by atoms with E-state index in [2.05, 4.69) is 29.6 Å². The van der Waals surface area contributed by atoms with Crippen molar-refractivity contribution in [2.75, 3.05) is 5.32 Å². The van der Waals surface area contributed by atoms with E-state index < -0.39 is 0 Å². The van der Waals surface area contributed by atoms with E-state index in [4.69, 9.17) is 0 Å². The highest BCUT2D eigenvalue weighted by molar-refractivity contribution is 5.55. The summed E-state index contributed by atoms with van der Waals surface area (Å²) in [6.07, 6.45) is 6.84. The molecular formula is C19H23NO. The van der Waals surface area contributed by atoms with Gasteiger partial charge in [0.2, 0.25) is 0 Å². The van der Waals surface area contributed by atoms with Crippen LogP contribution in [0.15, 0.2) is 48.5 Å². The minimum atomic E-state index is 0.302. The zero-order chi connectivity index (χ0) is 14.5. The molecule has 0 aliphatic heterocycles. The van der Waals surface area contributed by atoms with Gasteiger partial charge in [0.15, 0.2) is 0 Å². The van der Waals surface area contributed by atoms with E-state index in [1.54, 1.807) is 6.07 Å². The van der Waals surface area contributed by atoms with Gasteiger partial charge in [0.25, 0.3) is 0 Å². The van der Waals surface area contributed by atoms with Crippen LogP contribution in [0.5, 0.6) is 5.75 Å². The zero-order valence-corrected chi connectivity index (χ0v) is 12.4. The first kappa shape index (κ1) is 14.0. The highest BCUT2D eigenvalue weighted by Crippen LogP contribution is 2.32. The van der Waals surface area contributed by atoms with Gasteiger partial charge in [-0.2, -0.15) is 0 Å². The van der Waals surface area contributed by atoms with Crippen LogP contribution in [0.2, 0.25) is 0 Å². The van der Waals surface area contributed by atoms with Crippen LogP contribution < -0.4 is 5.32 Å². The highest BCUT2D eigenvalue weighted by atomic mass is 16.3. The highest BCUT2D eigenvalue weighted by Gasteiger charge is 2.14. The minimum Gasteiger partial charge on any atom is -0.506 e. The van der Waals surface area contributed by atoms with Crippen LogP contribution in [0.25, 0.3) is 0 Å². The molecule has 0 atom stereocenters. The maximum Gasteiger partial charge on any atom is 0.138 e. The number of benzene rings is 2.